The lowest BCUT2D eigenvalue weighted by molar-refractivity contribution is -0.143. The van der Waals surface area contributed by atoms with E-state index in [0.29, 0.717) is 0 Å². The van der Waals surface area contributed by atoms with Crippen LogP contribution in [0.2, 0.25) is 0 Å². The summed E-state index contributed by atoms with van der Waals surface area (Å²) in [6, 6.07) is -0.723. The molecule has 2 amide bonds. The van der Waals surface area contributed by atoms with Crippen molar-refractivity contribution in [3.63, 3.8) is 0 Å². The van der Waals surface area contributed by atoms with Crippen molar-refractivity contribution in [2.45, 2.75) is 31.2 Å². The number of aryl methyl sites for hydroxylation is 1. The van der Waals surface area contributed by atoms with E-state index in [-0.39, 0.29) is 5.91 Å². The molecule has 2 rings (SSSR count). The van der Waals surface area contributed by atoms with E-state index in [0.717, 1.165) is 18.5 Å². The lowest BCUT2D eigenvalue weighted by Crippen LogP contribution is -2.48. The second kappa shape index (κ2) is 4.65. The molecule has 1 aromatic rings. The van der Waals surface area contributed by atoms with Gasteiger partial charge in [0.1, 0.15) is 6.04 Å². The molecule has 0 saturated heterocycles. The van der Waals surface area contributed by atoms with E-state index < -0.39 is 17.4 Å². The highest BCUT2D eigenvalue weighted by Gasteiger charge is 2.55. The summed E-state index contributed by atoms with van der Waals surface area (Å²) in [6.07, 6.45) is 4.96. The maximum absolute atomic E-state index is 12.5. The number of hydrogen-bond donors (Lipinski definition) is 2. The second-order valence-corrected chi connectivity index (χ2v) is 5.07. The number of likely N-dealkylation sites (N-methyl/N-ethyl adjacent to an activating group) is 1. The standard InChI is InChI=1S/C12H18N4O3/c1-8(10(17)14-19)16(3)11(18)12(4-5-12)9-6-15(2)7-13-9/h6-8,19H,4-5H2,1-3H3,(H,14,17)/t8-/m1/s1. The van der Waals surface area contributed by atoms with Crippen molar-refractivity contribution < 1.29 is 14.8 Å². The van der Waals surface area contributed by atoms with Crippen LogP contribution in [-0.4, -0.2) is 44.6 Å². The minimum atomic E-state index is -0.723. The number of nitrogens with zero attached hydrogens (tertiary/aromatic N) is 3. The molecule has 1 fully saturated rings. The number of aromatic nitrogens is 2. The number of carbonyl (C=O) groups is 2. The van der Waals surface area contributed by atoms with Crippen molar-refractivity contribution in [1.82, 2.24) is 19.9 Å². The van der Waals surface area contributed by atoms with Gasteiger partial charge in [0.05, 0.1) is 17.4 Å². The van der Waals surface area contributed by atoms with Gasteiger partial charge in [0.15, 0.2) is 0 Å². The Labute approximate surface area is 111 Å². The van der Waals surface area contributed by atoms with Gasteiger partial charge < -0.3 is 9.47 Å². The summed E-state index contributed by atoms with van der Waals surface area (Å²) in [4.78, 5) is 29.5. The van der Waals surface area contributed by atoms with Gasteiger partial charge in [-0.15, -0.1) is 0 Å². The highest BCUT2D eigenvalue weighted by atomic mass is 16.5. The van der Waals surface area contributed by atoms with Crippen LogP contribution in [0, 0.1) is 0 Å². The predicted octanol–water partition coefficient (Wildman–Crippen LogP) is -0.196. The average molecular weight is 266 g/mol. The molecule has 1 aromatic heterocycles. The third-order valence-corrected chi connectivity index (χ3v) is 3.75. The summed E-state index contributed by atoms with van der Waals surface area (Å²) in [5.74, 6) is -0.741. The predicted molar refractivity (Wildman–Crippen MR) is 66.3 cm³/mol. The Kier molecular flexibility index (Phi) is 3.32. The van der Waals surface area contributed by atoms with Crippen LogP contribution in [0.1, 0.15) is 25.5 Å². The molecule has 0 spiro atoms. The normalized spacial score (nSPS) is 17.7. The zero-order chi connectivity index (χ0) is 14.2. The van der Waals surface area contributed by atoms with Crippen molar-refractivity contribution in [2.75, 3.05) is 7.05 Å². The highest BCUT2D eigenvalue weighted by molar-refractivity contribution is 5.94. The van der Waals surface area contributed by atoms with E-state index in [1.54, 1.807) is 30.3 Å². The largest absolute Gasteiger partial charge is 0.340 e. The molecule has 1 heterocycles. The lowest BCUT2D eigenvalue weighted by Gasteiger charge is -2.27. The molecular formula is C12H18N4O3. The number of hydroxylamine groups is 1. The van der Waals surface area contributed by atoms with Gasteiger partial charge in [-0.3, -0.25) is 14.8 Å². The molecule has 104 valence electrons. The number of hydrogen-bond acceptors (Lipinski definition) is 4. The minimum absolute atomic E-state index is 0.137. The summed E-state index contributed by atoms with van der Waals surface area (Å²) in [6.45, 7) is 1.57. The third kappa shape index (κ3) is 2.21. The molecule has 1 aliphatic rings. The molecule has 0 radical (unpaired) electrons. The fraction of sp³-hybridized carbons (Fsp3) is 0.583. The van der Waals surface area contributed by atoms with Gasteiger partial charge in [0.25, 0.3) is 5.91 Å². The molecule has 7 nitrogen and oxygen atoms in total. The fourth-order valence-corrected chi connectivity index (χ4v) is 2.15. The van der Waals surface area contributed by atoms with Crippen LogP contribution in [0.15, 0.2) is 12.5 Å². The van der Waals surface area contributed by atoms with Gasteiger partial charge >= 0.3 is 0 Å². The van der Waals surface area contributed by atoms with E-state index >= 15 is 0 Å². The average Bonchev–Trinajstić information content (AvgIpc) is 3.11. The Balaban J connectivity index is 2.18. The maximum Gasteiger partial charge on any atom is 0.265 e. The molecule has 0 aliphatic heterocycles. The zero-order valence-electron chi connectivity index (χ0n) is 11.3. The van der Waals surface area contributed by atoms with Crippen LogP contribution >= 0.6 is 0 Å². The molecule has 0 bridgehead atoms. The Morgan fingerprint density at radius 1 is 1.58 bits per heavy atom. The quantitative estimate of drug-likeness (QED) is 0.584. The molecule has 2 N–H and O–H groups in total. The topological polar surface area (TPSA) is 87.5 Å². The SMILES string of the molecule is C[C@H](C(=O)NO)N(C)C(=O)C1(c2cn(C)cn2)CC1. The van der Waals surface area contributed by atoms with Crippen LogP contribution in [0.3, 0.4) is 0 Å². The highest BCUT2D eigenvalue weighted by Crippen LogP contribution is 2.48. The first-order chi connectivity index (χ1) is 8.92. The number of amides is 2. The van der Waals surface area contributed by atoms with E-state index in [9.17, 15) is 9.59 Å². The van der Waals surface area contributed by atoms with Crippen LogP contribution in [-0.2, 0) is 22.1 Å². The van der Waals surface area contributed by atoms with Crippen LogP contribution in [0.4, 0.5) is 0 Å². The summed E-state index contributed by atoms with van der Waals surface area (Å²) in [5.41, 5.74) is 1.71. The smallest absolute Gasteiger partial charge is 0.265 e. The Morgan fingerprint density at radius 3 is 2.63 bits per heavy atom. The van der Waals surface area contributed by atoms with Crippen LogP contribution < -0.4 is 5.48 Å². The van der Waals surface area contributed by atoms with Crippen molar-refractivity contribution in [1.29, 1.82) is 0 Å². The molecule has 0 aromatic carbocycles. The Hall–Kier alpha value is -1.89. The molecule has 1 saturated carbocycles. The summed E-state index contributed by atoms with van der Waals surface area (Å²) >= 11 is 0. The zero-order valence-corrected chi connectivity index (χ0v) is 11.3. The molecule has 0 unspecified atom stereocenters. The fourth-order valence-electron chi connectivity index (χ4n) is 2.15. The van der Waals surface area contributed by atoms with Gasteiger partial charge in [-0.1, -0.05) is 0 Å². The van der Waals surface area contributed by atoms with Crippen molar-refractivity contribution >= 4 is 11.8 Å². The van der Waals surface area contributed by atoms with Crippen molar-refractivity contribution in [3.05, 3.63) is 18.2 Å². The number of imidazole rings is 1. The number of nitrogens with one attached hydrogen (secondary N) is 1. The molecule has 1 aliphatic carbocycles. The summed E-state index contributed by atoms with van der Waals surface area (Å²) in [5, 5.41) is 8.62. The van der Waals surface area contributed by atoms with E-state index in [1.807, 2.05) is 13.2 Å². The Bertz CT molecular complexity index is 507. The van der Waals surface area contributed by atoms with E-state index in [2.05, 4.69) is 4.98 Å². The van der Waals surface area contributed by atoms with Crippen molar-refractivity contribution in [3.8, 4) is 0 Å². The second-order valence-electron chi connectivity index (χ2n) is 5.07. The van der Waals surface area contributed by atoms with Gasteiger partial charge in [0.2, 0.25) is 5.91 Å². The van der Waals surface area contributed by atoms with E-state index in [1.165, 1.54) is 4.90 Å². The monoisotopic (exact) mass is 266 g/mol. The van der Waals surface area contributed by atoms with Gasteiger partial charge in [-0.25, -0.2) is 10.5 Å². The van der Waals surface area contributed by atoms with Gasteiger partial charge in [0, 0.05) is 20.3 Å². The van der Waals surface area contributed by atoms with Crippen molar-refractivity contribution in [2.24, 2.45) is 7.05 Å². The summed E-state index contributed by atoms with van der Waals surface area (Å²) in [7, 11) is 3.41. The maximum atomic E-state index is 12.5. The third-order valence-electron chi connectivity index (χ3n) is 3.75. The number of carbonyl (C=O) groups excluding carboxylic acids is 2. The van der Waals surface area contributed by atoms with E-state index in [4.69, 9.17) is 5.21 Å². The minimum Gasteiger partial charge on any atom is -0.340 e. The first kappa shape index (κ1) is 13.5. The molecule has 1 atom stereocenters. The lowest BCUT2D eigenvalue weighted by atomic mass is 10.0. The first-order valence-corrected chi connectivity index (χ1v) is 6.12. The molecular weight excluding hydrogens is 248 g/mol. The Morgan fingerprint density at radius 2 is 2.21 bits per heavy atom. The summed E-state index contributed by atoms with van der Waals surface area (Å²) < 4.78 is 1.80. The first-order valence-electron chi connectivity index (χ1n) is 6.12. The van der Waals surface area contributed by atoms with Gasteiger partial charge in [-0.2, -0.15) is 0 Å². The van der Waals surface area contributed by atoms with Crippen LogP contribution in [0.25, 0.3) is 0 Å². The number of rotatable bonds is 4. The molecule has 7 heteroatoms. The van der Waals surface area contributed by atoms with Crippen LogP contribution in [0.5, 0.6) is 0 Å². The van der Waals surface area contributed by atoms with Gasteiger partial charge in [-0.05, 0) is 19.8 Å². The molecule has 19 heavy (non-hydrogen) atoms.